The molecule has 0 spiro atoms. The maximum atomic E-state index is 12.5. The van der Waals surface area contributed by atoms with Gasteiger partial charge in [-0.05, 0) is 25.0 Å². The van der Waals surface area contributed by atoms with Crippen molar-refractivity contribution in [3.63, 3.8) is 0 Å². The Hall–Kier alpha value is -3.27. The van der Waals surface area contributed by atoms with Crippen LogP contribution in [0.25, 0.3) is 0 Å². The van der Waals surface area contributed by atoms with E-state index in [2.05, 4.69) is 10.6 Å². The number of benzene rings is 1. The summed E-state index contributed by atoms with van der Waals surface area (Å²) < 4.78 is 0. The summed E-state index contributed by atoms with van der Waals surface area (Å²) in [6.07, 6.45) is 0.823. The number of nitrogens with zero attached hydrogens (tertiary/aromatic N) is 1. The van der Waals surface area contributed by atoms with Gasteiger partial charge in [-0.25, -0.2) is 4.79 Å². The summed E-state index contributed by atoms with van der Waals surface area (Å²) in [6.45, 7) is 3.28. The van der Waals surface area contributed by atoms with Gasteiger partial charge in [-0.3, -0.25) is 19.7 Å². The van der Waals surface area contributed by atoms with Gasteiger partial charge in [0.1, 0.15) is 5.00 Å². The van der Waals surface area contributed by atoms with Crippen molar-refractivity contribution in [1.82, 2.24) is 0 Å². The summed E-state index contributed by atoms with van der Waals surface area (Å²) >= 11 is 0.848. The molecule has 0 saturated heterocycles. The van der Waals surface area contributed by atoms with Crippen LogP contribution in [0, 0.1) is 17.0 Å². The average Bonchev–Trinajstić information content (AvgIpc) is 2.91. The van der Waals surface area contributed by atoms with Gasteiger partial charge in [0.05, 0.1) is 15.4 Å². The van der Waals surface area contributed by atoms with E-state index in [0.29, 0.717) is 6.42 Å². The summed E-state index contributed by atoms with van der Waals surface area (Å²) in [4.78, 5) is 46.2. The molecule has 0 radical (unpaired) electrons. The quantitative estimate of drug-likeness (QED) is 0.486. The molecule has 0 bridgehead atoms. The zero-order valence-corrected chi connectivity index (χ0v) is 15.4. The molecule has 2 rings (SSSR count). The standard InChI is InChI=1S/C17H17N3O6S/c1-3-5-12(21)19-16-13(17(23)24)9(2)14(27-16)15(22)18-10-6-4-7-11(8-10)20(25)26/h4,6-8H,3,5H2,1-2H3,(H,18,22)(H,19,21)(H,23,24). The highest BCUT2D eigenvalue weighted by atomic mass is 32.1. The van der Waals surface area contributed by atoms with Gasteiger partial charge in [0.2, 0.25) is 5.91 Å². The number of carboxylic acids is 1. The van der Waals surface area contributed by atoms with Crippen LogP contribution in [0.5, 0.6) is 0 Å². The van der Waals surface area contributed by atoms with Gasteiger partial charge in [0.15, 0.2) is 0 Å². The summed E-state index contributed by atoms with van der Waals surface area (Å²) in [6, 6.07) is 5.39. The zero-order valence-electron chi connectivity index (χ0n) is 14.6. The van der Waals surface area contributed by atoms with Gasteiger partial charge < -0.3 is 15.7 Å². The van der Waals surface area contributed by atoms with Crippen LogP contribution < -0.4 is 10.6 Å². The Kier molecular flexibility index (Phi) is 6.24. The fourth-order valence-corrected chi connectivity index (χ4v) is 3.49. The van der Waals surface area contributed by atoms with Crippen molar-refractivity contribution < 1.29 is 24.4 Å². The molecule has 2 amide bonds. The number of anilines is 2. The van der Waals surface area contributed by atoms with E-state index in [-0.39, 0.29) is 44.7 Å². The molecule has 0 aliphatic rings. The molecule has 1 heterocycles. The van der Waals surface area contributed by atoms with Gasteiger partial charge in [-0.1, -0.05) is 13.0 Å². The number of carbonyl (C=O) groups is 3. The molecule has 0 unspecified atom stereocenters. The molecule has 0 aliphatic carbocycles. The van der Waals surface area contributed by atoms with E-state index in [4.69, 9.17) is 0 Å². The maximum Gasteiger partial charge on any atom is 0.339 e. The summed E-state index contributed by atoms with van der Waals surface area (Å²) in [5.41, 5.74) is 0.0840. The molecular weight excluding hydrogens is 374 g/mol. The van der Waals surface area contributed by atoms with Gasteiger partial charge in [-0.15, -0.1) is 11.3 Å². The minimum Gasteiger partial charge on any atom is -0.478 e. The lowest BCUT2D eigenvalue weighted by molar-refractivity contribution is -0.384. The number of nitro benzene ring substituents is 1. The number of nitro groups is 1. The first kappa shape index (κ1) is 20.0. The Labute approximate surface area is 158 Å². The minimum atomic E-state index is -1.26. The van der Waals surface area contributed by atoms with E-state index in [0.717, 1.165) is 11.3 Å². The van der Waals surface area contributed by atoms with Crippen molar-refractivity contribution >= 4 is 45.5 Å². The molecule has 142 valence electrons. The Bertz CT molecular complexity index is 921. The number of nitrogens with one attached hydrogen (secondary N) is 2. The number of rotatable bonds is 7. The maximum absolute atomic E-state index is 12.5. The van der Waals surface area contributed by atoms with Crippen LogP contribution in [0.2, 0.25) is 0 Å². The third-order valence-corrected chi connectivity index (χ3v) is 4.82. The van der Waals surface area contributed by atoms with Gasteiger partial charge in [0, 0.05) is 24.2 Å². The molecule has 27 heavy (non-hydrogen) atoms. The normalized spacial score (nSPS) is 10.3. The highest BCUT2D eigenvalue weighted by Crippen LogP contribution is 2.34. The van der Waals surface area contributed by atoms with Crippen LogP contribution in [-0.2, 0) is 4.79 Å². The van der Waals surface area contributed by atoms with E-state index in [1.165, 1.54) is 31.2 Å². The number of aromatic carboxylic acids is 1. The molecule has 0 fully saturated rings. The van der Waals surface area contributed by atoms with Crippen molar-refractivity contribution in [3.8, 4) is 0 Å². The summed E-state index contributed by atoms with van der Waals surface area (Å²) in [7, 11) is 0. The molecule has 1 aromatic heterocycles. The summed E-state index contributed by atoms with van der Waals surface area (Å²) in [5.74, 6) is -2.21. The van der Waals surface area contributed by atoms with E-state index < -0.39 is 16.8 Å². The van der Waals surface area contributed by atoms with Gasteiger partial charge in [0.25, 0.3) is 11.6 Å². The first-order valence-corrected chi connectivity index (χ1v) is 8.78. The molecule has 10 heteroatoms. The number of thiophene rings is 1. The van der Waals surface area contributed by atoms with Crippen LogP contribution >= 0.6 is 11.3 Å². The van der Waals surface area contributed by atoms with Crippen molar-refractivity contribution in [2.45, 2.75) is 26.7 Å². The molecule has 3 N–H and O–H groups in total. The molecule has 0 aliphatic heterocycles. The molecule has 2 aromatic rings. The summed E-state index contributed by atoms with van der Waals surface area (Å²) in [5, 5.41) is 25.4. The second-order valence-electron chi connectivity index (χ2n) is 5.63. The molecule has 9 nitrogen and oxygen atoms in total. The monoisotopic (exact) mass is 391 g/mol. The van der Waals surface area contributed by atoms with Crippen LogP contribution in [0.3, 0.4) is 0 Å². The number of carboxylic acid groups (broad SMARTS) is 1. The largest absolute Gasteiger partial charge is 0.478 e. The van der Waals surface area contributed by atoms with E-state index >= 15 is 0 Å². The number of non-ortho nitro benzene ring substituents is 1. The minimum absolute atomic E-state index is 0.0858. The predicted molar refractivity (Wildman–Crippen MR) is 101 cm³/mol. The highest BCUT2D eigenvalue weighted by Gasteiger charge is 2.25. The number of hydrogen-bond donors (Lipinski definition) is 3. The third-order valence-electron chi connectivity index (χ3n) is 3.61. The molecule has 0 atom stereocenters. The van der Waals surface area contributed by atoms with Gasteiger partial charge >= 0.3 is 5.97 Å². The number of amides is 2. The Balaban J connectivity index is 2.33. The number of carbonyl (C=O) groups excluding carboxylic acids is 2. The Morgan fingerprint density at radius 1 is 1.26 bits per heavy atom. The van der Waals surface area contributed by atoms with Crippen molar-refractivity contribution in [2.24, 2.45) is 0 Å². The topological polar surface area (TPSA) is 139 Å². The SMILES string of the molecule is CCCC(=O)Nc1sc(C(=O)Nc2cccc([N+](=O)[O-])c2)c(C)c1C(=O)O. The van der Waals surface area contributed by atoms with Gasteiger partial charge in [-0.2, -0.15) is 0 Å². The van der Waals surface area contributed by atoms with E-state index in [9.17, 15) is 29.6 Å². The molecule has 1 aromatic carbocycles. The van der Waals surface area contributed by atoms with Crippen LogP contribution in [-0.4, -0.2) is 27.8 Å². The van der Waals surface area contributed by atoms with Crippen molar-refractivity contribution in [1.29, 1.82) is 0 Å². The number of hydrogen-bond acceptors (Lipinski definition) is 6. The van der Waals surface area contributed by atoms with Crippen LogP contribution in [0.15, 0.2) is 24.3 Å². The van der Waals surface area contributed by atoms with Crippen molar-refractivity contribution in [2.75, 3.05) is 10.6 Å². The Morgan fingerprint density at radius 3 is 2.56 bits per heavy atom. The fraction of sp³-hybridized carbons (Fsp3) is 0.235. The fourth-order valence-electron chi connectivity index (χ4n) is 2.38. The average molecular weight is 391 g/mol. The lowest BCUT2D eigenvalue weighted by atomic mass is 10.1. The second-order valence-corrected chi connectivity index (χ2v) is 6.65. The first-order valence-electron chi connectivity index (χ1n) is 7.97. The van der Waals surface area contributed by atoms with Crippen molar-refractivity contribution in [3.05, 3.63) is 50.4 Å². The lowest BCUT2D eigenvalue weighted by Crippen LogP contribution is -2.13. The van der Waals surface area contributed by atoms with Crippen LogP contribution in [0.1, 0.15) is 45.4 Å². The molecular formula is C17H17N3O6S. The predicted octanol–water partition coefficient (Wildman–Crippen LogP) is 3.65. The zero-order chi connectivity index (χ0) is 20.1. The van der Waals surface area contributed by atoms with Crippen LogP contribution in [0.4, 0.5) is 16.4 Å². The second kappa shape index (κ2) is 8.41. The van der Waals surface area contributed by atoms with E-state index in [1.54, 1.807) is 0 Å². The van der Waals surface area contributed by atoms with E-state index in [1.807, 2.05) is 6.92 Å². The smallest absolute Gasteiger partial charge is 0.339 e. The molecule has 0 saturated carbocycles. The Morgan fingerprint density at radius 2 is 1.96 bits per heavy atom. The third kappa shape index (κ3) is 4.67. The lowest BCUT2D eigenvalue weighted by Gasteiger charge is -2.04. The highest BCUT2D eigenvalue weighted by molar-refractivity contribution is 7.18. The first-order chi connectivity index (χ1) is 12.7.